The number of carbonyl (C=O) groups is 1. The molecule has 0 bridgehead atoms. The topological polar surface area (TPSA) is 117 Å². The average Bonchev–Trinajstić information content (AvgIpc) is 3.33. The zero-order chi connectivity index (χ0) is 25.1. The molecule has 3 aromatic heterocycles. The van der Waals surface area contributed by atoms with Crippen molar-refractivity contribution in [1.82, 2.24) is 25.0 Å². The first kappa shape index (κ1) is 24.1. The third-order valence-corrected chi connectivity index (χ3v) is 8.38. The Hall–Kier alpha value is -3.56. The Kier molecular flexibility index (Phi) is 6.84. The summed E-state index contributed by atoms with van der Waals surface area (Å²) in [5.41, 5.74) is 3.69. The highest BCUT2D eigenvalue weighted by molar-refractivity contribution is 7.89. The molecular weight excluding hydrogens is 474 g/mol. The van der Waals surface area contributed by atoms with E-state index in [0.29, 0.717) is 25.7 Å². The Bertz CT molecular complexity index is 1450. The van der Waals surface area contributed by atoms with Crippen LogP contribution in [0, 0.1) is 5.92 Å². The van der Waals surface area contributed by atoms with Crippen LogP contribution in [0.4, 0.5) is 0 Å². The molecule has 1 unspecified atom stereocenters. The van der Waals surface area contributed by atoms with Crippen LogP contribution in [-0.4, -0.2) is 35.3 Å². The van der Waals surface area contributed by atoms with Crippen LogP contribution in [0.2, 0.25) is 0 Å². The smallest absolute Gasteiger partial charge is 0.240 e. The Morgan fingerprint density at radius 3 is 2.50 bits per heavy atom. The van der Waals surface area contributed by atoms with E-state index in [2.05, 4.69) is 25.0 Å². The summed E-state index contributed by atoms with van der Waals surface area (Å²) in [5.74, 6) is -0.0971. The minimum absolute atomic E-state index is 0.0166. The van der Waals surface area contributed by atoms with E-state index in [1.807, 2.05) is 37.3 Å². The number of pyridine rings is 2. The highest BCUT2D eigenvalue weighted by Gasteiger charge is 2.30. The van der Waals surface area contributed by atoms with Gasteiger partial charge in [0.25, 0.3) is 0 Å². The second-order valence-electron chi connectivity index (χ2n) is 9.35. The molecule has 1 aromatic carbocycles. The van der Waals surface area contributed by atoms with Crippen molar-refractivity contribution >= 4 is 26.8 Å². The summed E-state index contributed by atoms with van der Waals surface area (Å²) in [5, 5.41) is 3.89. The maximum absolute atomic E-state index is 13.1. The van der Waals surface area contributed by atoms with Crippen LogP contribution < -0.4 is 10.0 Å². The lowest BCUT2D eigenvalue weighted by Gasteiger charge is -2.29. The second-order valence-corrected chi connectivity index (χ2v) is 11.1. The molecule has 1 fully saturated rings. The van der Waals surface area contributed by atoms with Gasteiger partial charge in [-0.1, -0.05) is 0 Å². The maximum atomic E-state index is 13.1. The van der Waals surface area contributed by atoms with E-state index in [4.69, 9.17) is 0 Å². The van der Waals surface area contributed by atoms with Crippen molar-refractivity contribution in [2.24, 2.45) is 5.92 Å². The van der Waals surface area contributed by atoms with Crippen LogP contribution in [0.15, 0.2) is 78.2 Å². The van der Waals surface area contributed by atoms with E-state index in [0.717, 1.165) is 27.7 Å². The summed E-state index contributed by atoms with van der Waals surface area (Å²) in [4.78, 5) is 24.5. The molecule has 1 aliphatic rings. The van der Waals surface area contributed by atoms with Crippen LogP contribution in [0.3, 0.4) is 0 Å². The molecule has 1 saturated carbocycles. The molecule has 0 spiro atoms. The Morgan fingerprint density at radius 1 is 1.00 bits per heavy atom. The number of hydrogen-bond acceptors (Lipinski definition) is 5. The van der Waals surface area contributed by atoms with Crippen molar-refractivity contribution < 1.29 is 13.2 Å². The predicted molar refractivity (Wildman–Crippen MR) is 138 cm³/mol. The Balaban J connectivity index is 1.20. The summed E-state index contributed by atoms with van der Waals surface area (Å²) >= 11 is 0. The van der Waals surface area contributed by atoms with Gasteiger partial charge in [-0.3, -0.25) is 14.8 Å². The predicted octanol–water partition coefficient (Wildman–Crippen LogP) is 4.34. The van der Waals surface area contributed by atoms with E-state index in [9.17, 15) is 13.2 Å². The van der Waals surface area contributed by atoms with E-state index >= 15 is 0 Å². The molecule has 9 heteroatoms. The SMILES string of the molecule is CC(NC(=O)[C@H]1CC[C@H](NS(=O)(=O)c2ccc3[nH]c(-c4cccnc4)cc3c2)CC1)c1ccncc1. The van der Waals surface area contributed by atoms with Gasteiger partial charge < -0.3 is 10.3 Å². The summed E-state index contributed by atoms with van der Waals surface area (Å²) in [7, 11) is -3.68. The molecule has 36 heavy (non-hydrogen) atoms. The zero-order valence-corrected chi connectivity index (χ0v) is 20.8. The van der Waals surface area contributed by atoms with Gasteiger partial charge in [0.05, 0.1) is 10.9 Å². The highest BCUT2D eigenvalue weighted by atomic mass is 32.2. The molecule has 1 atom stereocenters. The molecule has 0 radical (unpaired) electrons. The lowest BCUT2D eigenvalue weighted by molar-refractivity contribution is -0.126. The number of nitrogens with zero attached hydrogens (tertiary/aromatic N) is 2. The van der Waals surface area contributed by atoms with Gasteiger partial charge in [0.1, 0.15) is 0 Å². The van der Waals surface area contributed by atoms with Crippen molar-refractivity contribution in [3.63, 3.8) is 0 Å². The molecule has 186 valence electrons. The maximum Gasteiger partial charge on any atom is 0.240 e. The number of rotatable bonds is 7. The number of aromatic nitrogens is 3. The Labute approximate surface area is 210 Å². The third-order valence-electron chi connectivity index (χ3n) is 6.86. The largest absolute Gasteiger partial charge is 0.354 e. The number of fused-ring (bicyclic) bond motifs is 1. The molecule has 3 heterocycles. The van der Waals surface area contributed by atoms with Crippen molar-refractivity contribution in [3.8, 4) is 11.3 Å². The molecule has 8 nitrogen and oxygen atoms in total. The molecule has 4 aromatic rings. The van der Waals surface area contributed by atoms with E-state index in [1.165, 1.54) is 0 Å². The standard InChI is InChI=1S/C27H29N5O3S/c1-18(19-10-13-28-14-11-19)30-27(33)20-4-6-23(7-5-20)32-36(34,35)24-8-9-25-22(15-24)16-26(31-25)21-3-2-12-29-17-21/h2-3,8-18,20,23,31-32H,4-7H2,1H3,(H,30,33)/t18?,20-,23-. The van der Waals surface area contributed by atoms with E-state index in [-0.39, 0.29) is 28.8 Å². The summed E-state index contributed by atoms with van der Waals surface area (Å²) in [6, 6.07) is 14.3. The van der Waals surface area contributed by atoms with E-state index in [1.54, 1.807) is 43.0 Å². The number of benzene rings is 1. The van der Waals surface area contributed by atoms with Crippen molar-refractivity contribution in [2.45, 2.75) is 49.6 Å². The monoisotopic (exact) mass is 503 g/mol. The molecule has 5 rings (SSSR count). The quantitative estimate of drug-likeness (QED) is 0.347. The first-order valence-corrected chi connectivity index (χ1v) is 13.6. The van der Waals surface area contributed by atoms with Crippen LogP contribution >= 0.6 is 0 Å². The van der Waals surface area contributed by atoms with Crippen molar-refractivity contribution in [2.75, 3.05) is 0 Å². The minimum Gasteiger partial charge on any atom is -0.354 e. The number of sulfonamides is 1. The van der Waals surface area contributed by atoms with Crippen LogP contribution in [-0.2, 0) is 14.8 Å². The molecule has 3 N–H and O–H groups in total. The van der Waals surface area contributed by atoms with Gasteiger partial charge >= 0.3 is 0 Å². The van der Waals surface area contributed by atoms with Crippen LogP contribution in [0.25, 0.3) is 22.2 Å². The number of hydrogen-bond donors (Lipinski definition) is 3. The van der Waals surface area contributed by atoms with Crippen molar-refractivity contribution in [3.05, 3.63) is 78.9 Å². The molecule has 0 aliphatic heterocycles. The summed E-state index contributed by atoms with van der Waals surface area (Å²) in [6.07, 6.45) is 9.44. The van der Waals surface area contributed by atoms with Gasteiger partial charge in [-0.05, 0) is 86.7 Å². The van der Waals surface area contributed by atoms with Gasteiger partial charge in [-0.2, -0.15) is 0 Å². The highest BCUT2D eigenvalue weighted by Crippen LogP contribution is 2.28. The summed E-state index contributed by atoms with van der Waals surface area (Å²) in [6.45, 7) is 1.95. The molecular formula is C27H29N5O3S. The van der Waals surface area contributed by atoms with E-state index < -0.39 is 10.0 Å². The molecule has 0 saturated heterocycles. The first-order valence-electron chi connectivity index (χ1n) is 12.1. The number of H-pyrrole nitrogens is 1. The van der Waals surface area contributed by atoms with Gasteiger partial charge in [-0.15, -0.1) is 0 Å². The van der Waals surface area contributed by atoms with Gasteiger partial charge in [0.2, 0.25) is 15.9 Å². The number of amides is 1. The number of aromatic amines is 1. The Morgan fingerprint density at radius 2 is 1.78 bits per heavy atom. The van der Waals surface area contributed by atoms with Crippen LogP contribution in [0.1, 0.15) is 44.2 Å². The summed E-state index contributed by atoms with van der Waals surface area (Å²) < 4.78 is 29.1. The lowest BCUT2D eigenvalue weighted by Crippen LogP contribution is -2.41. The number of carbonyl (C=O) groups excluding carboxylic acids is 1. The van der Waals surface area contributed by atoms with Gasteiger partial charge in [0, 0.05) is 58.9 Å². The zero-order valence-electron chi connectivity index (χ0n) is 20.0. The molecule has 1 amide bonds. The van der Waals surface area contributed by atoms with Gasteiger partial charge in [0.15, 0.2) is 0 Å². The van der Waals surface area contributed by atoms with Crippen LogP contribution in [0.5, 0.6) is 0 Å². The van der Waals surface area contributed by atoms with Gasteiger partial charge in [-0.25, -0.2) is 13.1 Å². The third kappa shape index (κ3) is 5.32. The minimum atomic E-state index is -3.68. The average molecular weight is 504 g/mol. The molecule has 1 aliphatic carbocycles. The number of nitrogens with one attached hydrogen (secondary N) is 3. The fourth-order valence-electron chi connectivity index (χ4n) is 4.78. The fourth-order valence-corrected chi connectivity index (χ4v) is 6.12. The first-order chi connectivity index (χ1) is 17.4. The second kappa shape index (κ2) is 10.2. The lowest BCUT2D eigenvalue weighted by atomic mass is 9.85. The van der Waals surface area contributed by atoms with Crippen molar-refractivity contribution in [1.29, 1.82) is 0 Å². The fraction of sp³-hybridized carbons (Fsp3) is 0.296. The normalized spacial score (nSPS) is 19.1.